The fourth-order valence-electron chi connectivity index (χ4n) is 4.29. The molecule has 1 atom stereocenters. The minimum absolute atomic E-state index is 0. The minimum Gasteiger partial charge on any atom is -0.389 e. The van der Waals surface area contributed by atoms with Gasteiger partial charge >= 0.3 is 0 Å². The number of fused-ring (bicyclic) bond motifs is 1. The molecule has 3 nitrogen and oxygen atoms in total. The van der Waals surface area contributed by atoms with Crippen LogP contribution in [0.15, 0.2) is 42.5 Å². The van der Waals surface area contributed by atoms with Crippen LogP contribution in [0.2, 0.25) is 0 Å². The number of aliphatic hydroxyl groups is 1. The van der Waals surface area contributed by atoms with E-state index in [1.165, 1.54) is 16.3 Å². The van der Waals surface area contributed by atoms with Gasteiger partial charge in [0, 0.05) is 38.6 Å². The molecule has 1 heterocycles. The molecule has 1 saturated carbocycles. The number of benzene rings is 2. The molecule has 4 rings (SSSR count). The summed E-state index contributed by atoms with van der Waals surface area (Å²) in [6.07, 6.45) is 3.03. The normalized spacial score (nSPS) is 21.3. The third-order valence-corrected chi connectivity index (χ3v) is 6.10. The van der Waals surface area contributed by atoms with E-state index in [1.54, 1.807) is 0 Å². The first-order chi connectivity index (χ1) is 11.7. The maximum atomic E-state index is 11.2. The minimum atomic E-state index is -0.520. The Hall–Kier alpha value is -0.840. The van der Waals surface area contributed by atoms with Crippen molar-refractivity contribution in [2.24, 2.45) is 0 Å². The zero-order chi connectivity index (χ0) is 16.6. The van der Waals surface area contributed by atoms with Crippen molar-refractivity contribution in [3.8, 4) is 0 Å². The molecule has 1 saturated heterocycles. The average Bonchev–Trinajstić information content (AvgIpc) is 2.59. The van der Waals surface area contributed by atoms with E-state index in [0.717, 1.165) is 52.0 Å². The van der Waals surface area contributed by atoms with E-state index in [2.05, 4.69) is 59.3 Å². The summed E-state index contributed by atoms with van der Waals surface area (Å²) in [6.45, 7) is 5.43. The Labute approximate surface area is 169 Å². The van der Waals surface area contributed by atoms with Gasteiger partial charge in [0.1, 0.15) is 0 Å². The van der Waals surface area contributed by atoms with Gasteiger partial charge in [0.2, 0.25) is 0 Å². The molecule has 144 valence electrons. The lowest BCUT2D eigenvalue weighted by molar-refractivity contribution is -0.0662. The molecular weight excluding hydrogens is 367 g/mol. The van der Waals surface area contributed by atoms with Crippen LogP contribution in [0.5, 0.6) is 0 Å². The number of piperazine rings is 1. The summed E-state index contributed by atoms with van der Waals surface area (Å²) in [6, 6.07) is 15.2. The molecule has 0 aromatic heterocycles. The Bertz CT molecular complexity index is 707. The van der Waals surface area contributed by atoms with Crippen molar-refractivity contribution in [3.05, 3.63) is 48.0 Å². The quantitative estimate of drug-likeness (QED) is 0.847. The molecule has 1 unspecified atom stereocenters. The van der Waals surface area contributed by atoms with Crippen molar-refractivity contribution in [2.45, 2.75) is 30.8 Å². The van der Waals surface area contributed by atoms with E-state index in [0.29, 0.717) is 0 Å². The summed E-state index contributed by atoms with van der Waals surface area (Å²) in [7, 11) is 2.19. The van der Waals surface area contributed by atoms with Crippen LogP contribution in [0.25, 0.3) is 10.8 Å². The molecule has 1 N–H and O–H groups in total. The molecule has 2 aliphatic rings. The van der Waals surface area contributed by atoms with Crippen LogP contribution in [0, 0.1) is 0 Å². The van der Waals surface area contributed by atoms with Crippen molar-refractivity contribution in [1.29, 1.82) is 0 Å². The monoisotopic (exact) mass is 396 g/mol. The zero-order valence-corrected chi connectivity index (χ0v) is 17.1. The first-order valence-electron chi connectivity index (χ1n) is 9.27. The van der Waals surface area contributed by atoms with Crippen molar-refractivity contribution in [1.82, 2.24) is 9.80 Å². The van der Waals surface area contributed by atoms with Gasteiger partial charge in [-0.3, -0.25) is 0 Å². The summed E-state index contributed by atoms with van der Waals surface area (Å²) < 4.78 is 0. The zero-order valence-electron chi connectivity index (χ0n) is 15.4. The Morgan fingerprint density at radius 1 is 0.962 bits per heavy atom. The van der Waals surface area contributed by atoms with Crippen molar-refractivity contribution >= 4 is 35.6 Å². The van der Waals surface area contributed by atoms with Gasteiger partial charge < -0.3 is 14.9 Å². The lowest BCUT2D eigenvalue weighted by Crippen LogP contribution is -2.51. The molecule has 2 fully saturated rings. The third kappa shape index (κ3) is 4.18. The van der Waals surface area contributed by atoms with Crippen LogP contribution < -0.4 is 0 Å². The summed E-state index contributed by atoms with van der Waals surface area (Å²) in [5.74, 6) is 0.209. The Balaban J connectivity index is 0.00000121. The second-order valence-corrected chi connectivity index (χ2v) is 7.68. The van der Waals surface area contributed by atoms with Gasteiger partial charge in [0.25, 0.3) is 0 Å². The fourth-order valence-corrected chi connectivity index (χ4v) is 4.29. The number of nitrogens with zero attached hydrogens (tertiary/aromatic N) is 2. The van der Waals surface area contributed by atoms with E-state index in [9.17, 15) is 5.11 Å². The lowest BCUT2D eigenvalue weighted by atomic mass is 9.67. The van der Waals surface area contributed by atoms with Crippen LogP contribution in [-0.4, -0.2) is 60.3 Å². The number of halogens is 2. The van der Waals surface area contributed by atoms with Gasteiger partial charge in [0.15, 0.2) is 0 Å². The molecule has 1 aliphatic heterocycles. The lowest BCUT2D eigenvalue weighted by Gasteiger charge is -2.46. The van der Waals surface area contributed by atoms with Crippen LogP contribution in [0.1, 0.15) is 30.7 Å². The predicted molar refractivity (Wildman–Crippen MR) is 114 cm³/mol. The van der Waals surface area contributed by atoms with Gasteiger partial charge in [0.05, 0.1) is 5.60 Å². The number of rotatable bonds is 4. The number of likely N-dealkylation sites (N-methyl/N-ethyl adjacent to an activating group) is 1. The van der Waals surface area contributed by atoms with Gasteiger partial charge in [-0.1, -0.05) is 42.5 Å². The highest BCUT2D eigenvalue weighted by Crippen LogP contribution is 2.45. The smallest absolute Gasteiger partial charge is 0.0728 e. The second-order valence-electron chi connectivity index (χ2n) is 7.68. The molecule has 0 radical (unpaired) electrons. The van der Waals surface area contributed by atoms with Gasteiger partial charge in [-0.25, -0.2) is 0 Å². The summed E-state index contributed by atoms with van der Waals surface area (Å²) >= 11 is 0. The molecule has 0 bridgehead atoms. The molecule has 26 heavy (non-hydrogen) atoms. The van der Waals surface area contributed by atoms with Crippen molar-refractivity contribution < 1.29 is 5.11 Å². The first kappa shape index (κ1) is 21.5. The Morgan fingerprint density at radius 3 is 2.27 bits per heavy atom. The molecule has 0 spiro atoms. The predicted octanol–water partition coefficient (Wildman–Crippen LogP) is 3.93. The average molecular weight is 397 g/mol. The molecule has 2 aromatic carbocycles. The van der Waals surface area contributed by atoms with E-state index in [1.807, 2.05) is 0 Å². The summed E-state index contributed by atoms with van der Waals surface area (Å²) in [5.41, 5.74) is 0.808. The number of hydrogen-bond donors (Lipinski definition) is 1. The van der Waals surface area contributed by atoms with E-state index < -0.39 is 5.60 Å². The highest BCUT2D eigenvalue weighted by atomic mass is 35.5. The summed E-state index contributed by atoms with van der Waals surface area (Å²) in [5, 5.41) is 13.8. The van der Waals surface area contributed by atoms with Gasteiger partial charge in [-0.05, 0) is 42.6 Å². The van der Waals surface area contributed by atoms with Crippen molar-refractivity contribution in [2.75, 3.05) is 39.8 Å². The van der Waals surface area contributed by atoms with E-state index in [-0.39, 0.29) is 30.7 Å². The van der Waals surface area contributed by atoms with E-state index >= 15 is 0 Å². The Kier molecular flexibility index (Phi) is 7.35. The maximum absolute atomic E-state index is 11.2. The number of hydrogen-bond acceptors (Lipinski definition) is 3. The highest BCUT2D eigenvalue weighted by Gasteiger charge is 2.44. The van der Waals surface area contributed by atoms with Crippen LogP contribution in [-0.2, 0) is 0 Å². The largest absolute Gasteiger partial charge is 0.389 e. The molecule has 0 amide bonds. The molecular formula is C21H30Cl2N2O. The van der Waals surface area contributed by atoms with Crippen molar-refractivity contribution in [3.63, 3.8) is 0 Å². The Morgan fingerprint density at radius 2 is 1.62 bits per heavy atom. The second kappa shape index (κ2) is 8.90. The molecule has 2 aromatic rings. The summed E-state index contributed by atoms with van der Waals surface area (Å²) in [4.78, 5) is 4.93. The van der Waals surface area contributed by atoms with Crippen LogP contribution in [0.3, 0.4) is 0 Å². The van der Waals surface area contributed by atoms with Gasteiger partial charge in [-0.2, -0.15) is 0 Å². The van der Waals surface area contributed by atoms with Crippen LogP contribution in [0.4, 0.5) is 0 Å². The topological polar surface area (TPSA) is 26.7 Å². The first-order valence-corrected chi connectivity index (χ1v) is 9.27. The molecule has 5 heteroatoms. The van der Waals surface area contributed by atoms with Gasteiger partial charge in [-0.15, -0.1) is 24.8 Å². The third-order valence-electron chi connectivity index (χ3n) is 6.10. The fraction of sp³-hybridized carbons (Fsp3) is 0.524. The highest BCUT2D eigenvalue weighted by molar-refractivity contribution is 5.86. The van der Waals surface area contributed by atoms with Crippen LogP contribution >= 0.6 is 24.8 Å². The molecule has 1 aliphatic carbocycles. The standard InChI is InChI=1S/C21H28N2O.2ClH/c1-22-12-14-23(15-13-22)16-20(21(24)10-5-11-21)19-9-4-7-17-6-2-3-8-18(17)19;;/h2-4,6-9,20,24H,5,10-16H2,1H3;2*1H. The maximum Gasteiger partial charge on any atom is 0.0728 e. The van der Waals surface area contributed by atoms with E-state index in [4.69, 9.17) is 0 Å². The SMILES string of the molecule is CN1CCN(CC(c2cccc3ccccc23)C2(O)CCC2)CC1.Cl.Cl.